The summed E-state index contributed by atoms with van der Waals surface area (Å²) in [6, 6.07) is 0.674. The molecule has 18 heavy (non-hydrogen) atoms. The van der Waals surface area contributed by atoms with Gasteiger partial charge in [0.15, 0.2) is 0 Å². The summed E-state index contributed by atoms with van der Waals surface area (Å²) in [4.78, 5) is 5.06. The summed E-state index contributed by atoms with van der Waals surface area (Å²) in [7, 11) is 0. The molecule has 0 aromatic carbocycles. The Morgan fingerprint density at radius 1 is 1.00 bits per heavy atom. The first-order chi connectivity index (χ1) is 8.36. The maximum absolute atomic E-state index is 6.20. The fourth-order valence-corrected chi connectivity index (χ4v) is 2.91. The number of nitrogens with zero attached hydrogens (tertiary/aromatic N) is 2. The van der Waals surface area contributed by atoms with E-state index in [4.69, 9.17) is 4.74 Å². The Bertz CT molecular complexity index is 258. The van der Waals surface area contributed by atoms with E-state index in [-0.39, 0.29) is 0 Å². The summed E-state index contributed by atoms with van der Waals surface area (Å²) in [6.45, 7) is 16.1. The van der Waals surface area contributed by atoms with Crippen LogP contribution in [0.1, 0.15) is 47.5 Å². The van der Waals surface area contributed by atoms with Gasteiger partial charge in [0.1, 0.15) is 0 Å². The van der Waals surface area contributed by atoms with Crippen molar-refractivity contribution in [1.82, 2.24) is 9.80 Å². The first-order valence-electron chi connectivity index (χ1n) is 7.51. The lowest BCUT2D eigenvalue weighted by Gasteiger charge is -2.45. The molecule has 0 unspecified atom stereocenters. The van der Waals surface area contributed by atoms with Crippen LogP contribution in [-0.4, -0.2) is 59.8 Å². The SMILES string of the molecule is CC(C)N1CC(OC2CCN(C(C)(C)C)CC2)C1. The lowest BCUT2D eigenvalue weighted by molar-refractivity contribution is -0.118. The highest BCUT2D eigenvalue weighted by Crippen LogP contribution is 2.24. The van der Waals surface area contributed by atoms with Gasteiger partial charge in [0, 0.05) is 37.8 Å². The van der Waals surface area contributed by atoms with Crippen LogP contribution in [0.3, 0.4) is 0 Å². The summed E-state index contributed by atoms with van der Waals surface area (Å²) >= 11 is 0. The Morgan fingerprint density at radius 3 is 2.00 bits per heavy atom. The molecule has 2 aliphatic rings. The predicted molar refractivity (Wildman–Crippen MR) is 75.9 cm³/mol. The smallest absolute Gasteiger partial charge is 0.0832 e. The molecule has 2 fully saturated rings. The molecule has 3 nitrogen and oxygen atoms in total. The van der Waals surface area contributed by atoms with Gasteiger partial charge in [-0.15, -0.1) is 0 Å². The van der Waals surface area contributed by atoms with Crippen LogP contribution in [0.4, 0.5) is 0 Å². The second-order valence-corrected chi connectivity index (χ2v) is 7.16. The van der Waals surface area contributed by atoms with Crippen molar-refractivity contribution < 1.29 is 4.74 Å². The largest absolute Gasteiger partial charge is 0.372 e. The van der Waals surface area contributed by atoms with E-state index >= 15 is 0 Å². The van der Waals surface area contributed by atoms with Gasteiger partial charge in [0.25, 0.3) is 0 Å². The Hall–Kier alpha value is -0.120. The van der Waals surface area contributed by atoms with Crippen molar-refractivity contribution in [3.63, 3.8) is 0 Å². The second kappa shape index (κ2) is 5.48. The zero-order chi connectivity index (χ0) is 13.3. The summed E-state index contributed by atoms with van der Waals surface area (Å²) in [5.74, 6) is 0. The van der Waals surface area contributed by atoms with E-state index in [0.29, 0.717) is 23.8 Å². The van der Waals surface area contributed by atoms with Crippen molar-refractivity contribution in [2.24, 2.45) is 0 Å². The fraction of sp³-hybridized carbons (Fsp3) is 1.00. The second-order valence-electron chi connectivity index (χ2n) is 7.16. The molecule has 0 atom stereocenters. The van der Waals surface area contributed by atoms with Crippen LogP contribution < -0.4 is 0 Å². The minimum atomic E-state index is 0.315. The van der Waals surface area contributed by atoms with Gasteiger partial charge in [-0.25, -0.2) is 0 Å². The average molecular weight is 254 g/mol. The zero-order valence-corrected chi connectivity index (χ0v) is 12.8. The van der Waals surface area contributed by atoms with Gasteiger partial charge < -0.3 is 4.74 Å². The van der Waals surface area contributed by atoms with E-state index in [0.717, 1.165) is 13.1 Å². The van der Waals surface area contributed by atoms with E-state index in [1.54, 1.807) is 0 Å². The fourth-order valence-electron chi connectivity index (χ4n) is 2.91. The molecule has 2 rings (SSSR count). The number of likely N-dealkylation sites (tertiary alicyclic amines) is 2. The van der Waals surface area contributed by atoms with Crippen LogP contribution >= 0.6 is 0 Å². The van der Waals surface area contributed by atoms with E-state index in [1.165, 1.54) is 25.9 Å². The molecule has 2 heterocycles. The number of piperidine rings is 1. The zero-order valence-electron chi connectivity index (χ0n) is 12.8. The number of hydrogen-bond donors (Lipinski definition) is 0. The van der Waals surface area contributed by atoms with Crippen LogP contribution in [-0.2, 0) is 4.74 Å². The topological polar surface area (TPSA) is 15.7 Å². The van der Waals surface area contributed by atoms with E-state index < -0.39 is 0 Å². The molecule has 2 saturated heterocycles. The van der Waals surface area contributed by atoms with Crippen molar-refractivity contribution in [3.05, 3.63) is 0 Å². The van der Waals surface area contributed by atoms with Crippen molar-refractivity contribution >= 4 is 0 Å². The van der Waals surface area contributed by atoms with Crippen molar-refractivity contribution in [1.29, 1.82) is 0 Å². The Morgan fingerprint density at radius 2 is 1.56 bits per heavy atom. The van der Waals surface area contributed by atoms with Crippen LogP contribution in [0.5, 0.6) is 0 Å². The summed E-state index contributed by atoms with van der Waals surface area (Å²) in [5.41, 5.74) is 0.315. The Balaban J connectivity index is 1.66. The highest BCUT2D eigenvalue weighted by molar-refractivity contribution is 4.86. The van der Waals surface area contributed by atoms with Gasteiger partial charge in [-0.2, -0.15) is 0 Å². The Kier molecular flexibility index (Phi) is 4.35. The maximum atomic E-state index is 6.20. The lowest BCUT2D eigenvalue weighted by atomic mass is 9.99. The van der Waals surface area contributed by atoms with Crippen molar-refractivity contribution in [3.8, 4) is 0 Å². The summed E-state index contributed by atoms with van der Waals surface area (Å²) < 4.78 is 6.20. The molecule has 0 spiro atoms. The average Bonchev–Trinajstić information content (AvgIpc) is 2.21. The third-order valence-corrected chi connectivity index (χ3v) is 4.38. The van der Waals surface area contributed by atoms with E-state index in [1.807, 2.05) is 0 Å². The molecule has 2 aliphatic heterocycles. The quantitative estimate of drug-likeness (QED) is 0.769. The number of hydrogen-bond acceptors (Lipinski definition) is 3. The van der Waals surface area contributed by atoms with Gasteiger partial charge in [-0.05, 0) is 47.5 Å². The van der Waals surface area contributed by atoms with Gasteiger partial charge in [-0.1, -0.05) is 0 Å². The normalized spacial score (nSPS) is 25.7. The molecule has 0 saturated carbocycles. The van der Waals surface area contributed by atoms with Gasteiger partial charge in [0.05, 0.1) is 12.2 Å². The standard InChI is InChI=1S/C15H30N2O/c1-12(2)16-10-14(11-16)18-13-6-8-17(9-7-13)15(3,4)5/h12-14H,6-11H2,1-5H3. The van der Waals surface area contributed by atoms with E-state index in [2.05, 4.69) is 44.4 Å². The van der Waals surface area contributed by atoms with Crippen molar-refractivity contribution in [2.75, 3.05) is 26.2 Å². The monoisotopic (exact) mass is 254 g/mol. The molecule has 0 amide bonds. The highest BCUT2D eigenvalue weighted by Gasteiger charge is 2.33. The van der Waals surface area contributed by atoms with E-state index in [9.17, 15) is 0 Å². The molecule has 3 heteroatoms. The molecule has 0 aromatic heterocycles. The van der Waals surface area contributed by atoms with Crippen LogP contribution in [0.25, 0.3) is 0 Å². The minimum absolute atomic E-state index is 0.315. The minimum Gasteiger partial charge on any atom is -0.372 e. The molecule has 0 aliphatic carbocycles. The van der Waals surface area contributed by atoms with Crippen LogP contribution in [0.15, 0.2) is 0 Å². The summed E-state index contributed by atoms with van der Waals surface area (Å²) in [6.07, 6.45) is 3.41. The molecule has 0 radical (unpaired) electrons. The van der Waals surface area contributed by atoms with Gasteiger partial charge >= 0.3 is 0 Å². The predicted octanol–water partition coefficient (Wildman–Crippen LogP) is 2.36. The molecule has 106 valence electrons. The molecule has 0 aromatic rings. The third kappa shape index (κ3) is 3.46. The number of rotatable bonds is 3. The lowest BCUT2D eigenvalue weighted by Crippen LogP contribution is -2.57. The molecular formula is C15H30N2O. The summed E-state index contributed by atoms with van der Waals surface area (Å²) in [5, 5.41) is 0. The van der Waals surface area contributed by atoms with Crippen molar-refractivity contribution in [2.45, 2.75) is 71.2 Å². The Labute approximate surface area is 112 Å². The highest BCUT2D eigenvalue weighted by atomic mass is 16.5. The number of ether oxygens (including phenoxy) is 1. The first-order valence-corrected chi connectivity index (χ1v) is 7.51. The molecule has 0 bridgehead atoms. The van der Waals surface area contributed by atoms with Crippen LogP contribution in [0, 0.1) is 0 Å². The van der Waals surface area contributed by atoms with Gasteiger partial charge in [0.2, 0.25) is 0 Å². The van der Waals surface area contributed by atoms with Gasteiger partial charge in [-0.3, -0.25) is 9.80 Å². The first kappa shape index (κ1) is 14.3. The maximum Gasteiger partial charge on any atom is 0.0832 e. The third-order valence-electron chi connectivity index (χ3n) is 4.38. The molecule has 0 N–H and O–H groups in total. The van der Waals surface area contributed by atoms with Crippen LogP contribution in [0.2, 0.25) is 0 Å². The molecular weight excluding hydrogens is 224 g/mol.